The molecule has 108 valence electrons. The van der Waals surface area contributed by atoms with Crippen LogP contribution in [0.4, 0.5) is 48.3 Å². The number of allylic oxidation sites excluding steroid dienone is 2. The molecule has 0 saturated heterocycles. The molecule has 0 nitrogen and oxygen atoms in total. The number of hydrogen-bond acceptors (Lipinski definition) is 0. The van der Waals surface area contributed by atoms with Crippen molar-refractivity contribution < 1.29 is 48.3 Å². The van der Waals surface area contributed by atoms with Crippen LogP contribution >= 0.6 is 0 Å². The summed E-state index contributed by atoms with van der Waals surface area (Å²) in [7, 11) is 0. The first-order valence-electron chi connectivity index (χ1n) is 3.83. The van der Waals surface area contributed by atoms with Crippen molar-refractivity contribution in [3.05, 3.63) is 11.7 Å². The average molecular weight is 296 g/mol. The van der Waals surface area contributed by atoms with Gasteiger partial charge in [0.2, 0.25) is 5.83 Å². The lowest BCUT2D eigenvalue weighted by Crippen LogP contribution is -2.54. The number of rotatable bonds is 2. The third-order valence-electron chi connectivity index (χ3n) is 1.66. The van der Waals surface area contributed by atoms with Crippen LogP contribution in [0.1, 0.15) is 6.92 Å². The van der Waals surface area contributed by atoms with Crippen molar-refractivity contribution in [1.82, 2.24) is 0 Å². The monoisotopic (exact) mass is 296 g/mol. The van der Waals surface area contributed by atoms with Crippen molar-refractivity contribution in [2.24, 2.45) is 0 Å². The van der Waals surface area contributed by atoms with E-state index in [0.717, 1.165) is 0 Å². The molecule has 0 amide bonds. The first kappa shape index (κ1) is 17.0. The molecule has 0 aromatic rings. The van der Waals surface area contributed by atoms with E-state index < -0.39 is 42.5 Å². The van der Waals surface area contributed by atoms with E-state index in [2.05, 4.69) is 0 Å². The van der Waals surface area contributed by atoms with E-state index in [9.17, 15) is 48.3 Å². The Labute approximate surface area is 92.1 Å². The maximum Gasteiger partial charge on any atom is 0.438 e. The van der Waals surface area contributed by atoms with E-state index in [-0.39, 0.29) is 0 Å². The molecule has 11 heteroatoms. The lowest BCUT2D eigenvalue weighted by Gasteiger charge is -2.29. The minimum Gasteiger partial charge on any atom is -0.215 e. The van der Waals surface area contributed by atoms with Gasteiger partial charge in [-0.25, -0.2) is 13.2 Å². The zero-order valence-electron chi connectivity index (χ0n) is 8.16. The lowest BCUT2D eigenvalue weighted by molar-refractivity contribution is -0.332. The molecule has 0 N–H and O–H groups in total. The molecular weight excluding hydrogens is 293 g/mol. The van der Waals surface area contributed by atoms with Crippen molar-refractivity contribution in [3.8, 4) is 0 Å². The van der Waals surface area contributed by atoms with Crippen LogP contribution in [-0.4, -0.2) is 23.9 Å². The maximum atomic E-state index is 12.7. The Hall–Kier alpha value is -1.03. The largest absolute Gasteiger partial charge is 0.438 e. The van der Waals surface area contributed by atoms with Gasteiger partial charge in [-0.3, -0.25) is 0 Å². The summed E-state index contributed by atoms with van der Waals surface area (Å²) in [5.74, 6) is -13.1. The van der Waals surface area contributed by atoms with Crippen LogP contribution in [0, 0.1) is 0 Å². The molecule has 0 spiro atoms. The van der Waals surface area contributed by atoms with Gasteiger partial charge in [0.1, 0.15) is 0 Å². The van der Waals surface area contributed by atoms with E-state index in [4.69, 9.17) is 0 Å². The van der Waals surface area contributed by atoms with Gasteiger partial charge in [0.25, 0.3) is 5.92 Å². The van der Waals surface area contributed by atoms with Gasteiger partial charge in [0.15, 0.2) is 5.83 Å². The summed E-state index contributed by atoms with van der Waals surface area (Å²) in [6, 6.07) is 0. The Morgan fingerprint density at radius 1 is 0.611 bits per heavy atom. The van der Waals surface area contributed by atoms with Gasteiger partial charge in [-0.05, 0) is 0 Å². The summed E-state index contributed by atoms with van der Waals surface area (Å²) in [6.45, 7) is -0.533. The van der Waals surface area contributed by atoms with E-state index in [1.807, 2.05) is 0 Å². The molecule has 0 saturated carbocycles. The Morgan fingerprint density at radius 3 is 1.06 bits per heavy atom. The molecule has 0 fully saturated rings. The minimum atomic E-state index is -6.99. The molecule has 0 rings (SSSR count). The van der Waals surface area contributed by atoms with Gasteiger partial charge in [-0.15, -0.1) is 0 Å². The molecule has 18 heavy (non-hydrogen) atoms. The summed E-state index contributed by atoms with van der Waals surface area (Å²) < 4.78 is 133. The predicted octanol–water partition coefficient (Wildman–Crippen LogP) is 4.63. The summed E-state index contributed by atoms with van der Waals surface area (Å²) in [6.07, 6.45) is -14.0. The van der Waals surface area contributed by atoms with Gasteiger partial charge < -0.3 is 0 Å². The molecule has 0 bridgehead atoms. The summed E-state index contributed by atoms with van der Waals surface area (Å²) in [4.78, 5) is 0. The maximum absolute atomic E-state index is 12.7. The van der Waals surface area contributed by atoms with E-state index in [1.54, 1.807) is 0 Å². The van der Waals surface area contributed by atoms with Crippen molar-refractivity contribution in [3.63, 3.8) is 0 Å². The van der Waals surface area contributed by atoms with Crippen LogP contribution < -0.4 is 0 Å². The van der Waals surface area contributed by atoms with Crippen molar-refractivity contribution >= 4 is 0 Å². The zero-order chi connectivity index (χ0) is 15.2. The molecule has 0 unspecified atom stereocenters. The smallest absolute Gasteiger partial charge is 0.215 e. The highest BCUT2D eigenvalue weighted by Crippen LogP contribution is 2.53. The average Bonchev–Trinajstić information content (AvgIpc) is 2.08. The molecule has 0 atom stereocenters. The molecule has 0 aromatic carbocycles. The normalized spacial score (nSPS) is 16.7. The molecule has 0 aliphatic rings. The highest BCUT2D eigenvalue weighted by molar-refractivity contribution is 5.23. The molecule has 0 radical (unpaired) electrons. The van der Waals surface area contributed by atoms with E-state index in [1.165, 1.54) is 0 Å². The Balaban J connectivity index is 6.13. The topological polar surface area (TPSA) is 0 Å². The highest BCUT2D eigenvalue weighted by Gasteiger charge is 2.77. The minimum absolute atomic E-state index is 0.533. The van der Waals surface area contributed by atoms with Crippen molar-refractivity contribution in [1.29, 1.82) is 0 Å². The summed E-state index contributed by atoms with van der Waals surface area (Å²) in [5.41, 5.74) is -6.83. The molecular formula is C7H3F11. The predicted molar refractivity (Wildman–Crippen MR) is 35.8 cm³/mol. The summed E-state index contributed by atoms with van der Waals surface area (Å²) >= 11 is 0. The fraction of sp³-hybridized carbons (Fsp3) is 0.714. The van der Waals surface area contributed by atoms with Gasteiger partial charge in [0, 0.05) is 6.92 Å². The summed E-state index contributed by atoms with van der Waals surface area (Å²) in [5, 5.41) is 0. The Kier molecular flexibility index (Phi) is 4.02. The van der Waals surface area contributed by atoms with Crippen LogP contribution in [0.25, 0.3) is 0 Å². The lowest BCUT2D eigenvalue weighted by atomic mass is 10.0. The van der Waals surface area contributed by atoms with E-state index >= 15 is 0 Å². The molecule has 0 heterocycles. The quantitative estimate of drug-likeness (QED) is 0.652. The third kappa shape index (κ3) is 2.69. The first-order chi connectivity index (χ1) is 7.57. The second kappa shape index (κ2) is 4.26. The Morgan fingerprint density at radius 2 is 0.889 bits per heavy atom. The molecule has 0 aliphatic heterocycles. The SMILES string of the molecule is CC(F)(F)/C(F)=C(\F)C(F)(C(F)(F)F)C(F)(F)F. The van der Waals surface area contributed by atoms with Gasteiger partial charge in [0.05, 0.1) is 0 Å². The van der Waals surface area contributed by atoms with Crippen LogP contribution in [0.3, 0.4) is 0 Å². The Bertz CT molecular complexity index is 324. The first-order valence-corrected chi connectivity index (χ1v) is 3.83. The number of alkyl halides is 9. The fourth-order valence-electron chi connectivity index (χ4n) is 0.754. The highest BCUT2D eigenvalue weighted by atomic mass is 19.4. The second-order valence-electron chi connectivity index (χ2n) is 3.17. The molecule has 0 aromatic heterocycles. The van der Waals surface area contributed by atoms with Gasteiger partial charge in [-0.2, -0.15) is 35.1 Å². The van der Waals surface area contributed by atoms with Crippen molar-refractivity contribution in [2.75, 3.05) is 0 Å². The van der Waals surface area contributed by atoms with Crippen molar-refractivity contribution in [2.45, 2.75) is 30.9 Å². The van der Waals surface area contributed by atoms with Gasteiger partial charge in [-0.1, -0.05) is 0 Å². The van der Waals surface area contributed by atoms with Gasteiger partial charge >= 0.3 is 18.0 Å². The van der Waals surface area contributed by atoms with Crippen LogP contribution in [0.5, 0.6) is 0 Å². The number of halogens is 11. The van der Waals surface area contributed by atoms with Crippen LogP contribution in [-0.2, 0) is 0 Å². The molecule has 0 aliphatic carbocycles. The fourth-order valence-corrected chi connectivity index (χ4v) is 0.754. The third-order valence-corrected chi connectivity index (χ3v) is 1.66. The zero-order valence-corrected chi connectivity index (χ0v) is 8.16. The van der Waals surface area contributed by atoms with Crippen LogP contribution in [0.2, 0.25) is 0 Å². The standard InChI is InChI=1S/C7H3F11/c1-4(10,11)2(8)3(9)5(12,6(13,14)15)7(16,17)18/h1H3/b3-2+. The van der Waals surface area contributed by atoms with Crippen LogP contribution in [0.15, 0.2) is 11.7 Å². The number of hydrogen-bond donors (Lipinski definition) is 0. The van der Waals surface area contributed by atoms with E-state index in [0.29, 0.717) is 0 Å². The second-order valence-corrected chi connectivity index (χ2v) is 3.17.